The highest BCUT2D eigenvalue weighted by molar-refractivity contribution is 5.91. The van der Waals surface area contributed by atoms with E-state index in [1.807, 2.05) is 0 Å². The molecule has 0 fully saturated rings. The van der Waals surface area contributed by atoms with Gasteiger partial charge in [0.15, 0.2) is 0 Å². The summed E-state index contributed by atoms with van der Waals surface area (Å²) < 4.78 is 0. The average molecular weight is 474 g/mol. The zero-order valence-corrected chi connectivity index (χ0v) is 22.7. The van der Waals surface area contributed by atoms with Crippen LogP contribution in [-0.4, -0.2) is 0 Å². The molecule has 0 amide bonds. The summed E-state index contributed by atoms with van der Waals surface area (Å²) in [5, 5.41) is 3.91. The second kappa shape index (κ2) is 11.0. The highest BCUT2D eigenvalue weighted by Gasteiger charge is 2.28. The molecular formula is C35H39N. The third-order valence-corrected chi connectivity index (χ3v) is 7.64. The Morgan fingerprint density at radius 3 is 1.97 bits per heavy atom. The lowest BCUT2D eigenvalue weighted by molar-refractivity contribution is 0.454. The minimum absolute atomic E-state index is 0.0986. The minimum Gasteiger partial charge on any atom is -0.375 e. The molecule has 0 heterocycles. The fraction of sp³-hybridized carbons (Fsp3) is 0.257. The smallest absolute Gasteiger partial charge is 0.0620 e. The summed E-state index contributed by atoms with van der Waals surface area (Å²) >= 11 is 0. The van der Waals surface area contributed by atoms with Gasteiger partial charge in [0.25, 0.3) is 0 Å². The van der Waals surface area contributed by atoms with Crippen molar-refractivity contribution in [2.45, 2.75) is 59.9 Å². The van der Waals surface area contributed by atoms with Crippen molar-refractivity contribution in [3.63, 3.8) is 0 Å². The maximum Gasteiger partial charge on any atom is 0.0620 e. The topological polar surface area (TPSA) is 12.0 Å². The number of benzene rings is 4. The van der Waals surface area contributed by atoms with Gasteiger partial charge in [-0.2, -0.15) is 0 Å². The van der Waals surface area contributed by atoms with E-state index in [4.69, 9.17) is 0 Å². The highest BCUT2D eigenvalue weighted by atomic mass is 15.0. The zero-order valence-electron chi connectivity index (χ0n) is 22.7. The molecule has 0 radical (unpaired) electrons. The van der Waals surface area contributed by atoms with E-state index in [9.17, 15) is 0 Å². The number of hydrogen-bond acceptors (Lipinski definition) is 1. The Balaban J connectivity index is 1.72. The molecule has 0 aliphatic heterocycles. The summed E-state index contributed by atoms with van der Waals surface area (Å²) in [7, 11) is 0. The van der Waals surface area contributed by atoms with Crippen LogP contribution in [-0.2, 0) is 5.54 Å². The van der Waals surface area contributed by atoms with Crippen LogP contribution in [0.15, 0.2) is 91.0 Å². The summed E-state index contributed by atoms with van der Waals surface area (Å²) in [4.78, 5) is 0. The van der Waals surface area contributed by atoms with Crippen molar-refractivity contribution in [1.82, 2.24) is 0 Å². The SMILES string of the molecule is CCC(CC)(Nc1ccc(C)cc1C)c1ccc(C=C(c2ccccc2)c2ccc(C)c(C)c2)cc1. The molecule has 0 aliphatic rings. The van der Waals surface area contributed by atoms with Crippen molar-refractivity contribution in [3.05, 3.63) is 136 Å². The number of hydrogen-bond donors (Lipinski definition) is 1. The van der Waals surface area contributed by atoms with Gasteiger partial charge >= 0.3 is 0 Å². The Labute approximate surface area is 217 Å². The Kier molecular flexibility index (Phi) is 7.79. The highest BCUT2D eigenvalue weighted by Crippen LogP contribution is 2.35. The van der Waals surface area contributed by atoms with Crippen LogP contribution < -0.4 is 5.32 Å². The lowest BCUT2D eigenvalue weighted by Gasteiger charge is -2.35. The molecule has 0 bridgehead atoms. The molecule has 0 unspecified atom stereocenters. The van der Waals surface area contributed by atoms with Crippen molar-refractivity contribution in [3.8, 4) is 0 Å². The van der Waals surface area contributed by atoms with Crippen LogP contribution in [0.4, 0.5) is 5.69 Å². The Morgan fingerprint density at radius 1 is 0.667 bits per heavy atom. The zero-order chi connectivity index (χ0) is 25.7. The first-order valence-electron chi connectivity index (χ1n) is 13.2. The number of aryl methyl sites for hydroxylation is 4. The molecule has 4 aromatic rings. The van der Waals surface area contributed by atoms with E-state index >= 15 is 0 Å². The molecule has 4 aromatic carbocycles. The molecule has 36 heavy (non-hydrogen) atoms. The quantitative estimate of drug-likeness (QED) is 0.251. The van der Waals surface area contributed by atoms with Gasteiger partial charge in [0.1, 0.15) is 0 Å². The van der Waals surface area contributed by atoms with Crippen LogP contribution in [0.3, 0.4) is 0 Å². The van der Waals surface area contributed by atoms with E-state index in [0.29, 0.717) is 0 Å². The van der Waals surface area contributed by atoms with E-state index in [1.54, 1.807) is 0 Å². The van der Waals surface area contributed by atoms with E-state index in [-0.39, 0.29) is 5.54 Å². The van der Waals surface area contributed by atoms with Crippen LogP contribution in [0.5, 0.6) is 0 Å². The van der Waals surface area contributed by atoms with Crippen molar-refractivity contribution in [1.29, 1.82) is 0 Å². The summed E-state index contributed by atoms with van der Waals surface area (Å²) in [6.07, 6.45) is 4.36. The Morgan fingerprint density at radius 2 is 1.36 bits per heavy atom. The summed E-state index contributed by atoms with van der Waals surface area (Å²) in [5.41, 5.74) is 12.6. The molecule has 0 aliphatic carbocycles. The number of nitrogens with one attached hydrogen (secondary N) is 1. The predicted octanol–water partition coefficient (Wildman–Crippen LogP) is 9.64. The Bertz CT molecular complexity index is 1340. The average Bonchev–Trinajstić information content (AvgIpc) is 2.90. The third-order valence-electron chi connectivity index (χ3n) is 7.64. The van der Waals surface area contributed by atoms with E-state index in [1.165, 1.54) is 55.8 Å². The second-order valence-corrected chi connectivity index (χ2v) is 10.1. The van der Waals surface area contributed by atoms with Crippen LogP contribution in [0.2, 0.25) is 0 Å². The lowest BCUT2D eigenvalue weighted by Crippen LogP contribution is -2.34. The van der Waals surface area contributed by atoms with E-state index in [0.717, 1.165) is 12.8 Å². The van der Waals surface area contributed by atoms with Crippen LogP contribution >= 0.6 is 0 Å². The molecular weight excluding hydrogens is 434 g/mol. The van der Waals surface area contributed by atoms with Crippen molar-refractivity contribution in [2.24, 2.45) is 0 Å². The fourth-order valence-electron chi connectivity index (χ4n) is 5.04. The fourth-order valence-corrected chi connectivity index (χ4v) is 5.04. The molecule has 0 saturated carbocycles. The van der Waals surface area contributed by atoms with Gasteiger partial charge in [0, 0.05) is 5.69 Å². The monoisotopic (exact) mass is 473 g/mol. The summed E-state index contributed by atoms with van der Waals surface area (Å²) in [6.45, 7) is 13.3. The first-order chi connectivity index (χ1) is 17.3. The first-order valence-corrected chi connectivity index (χ1v) is 13.2. The van der Waals surface area contributed by atoms with E-state index in [2.05, 4.69) is 144 Å². The Hall–Kier alpha value is -3.58. The van der Waals surface area contributed by atoms with Gasteiger partial charge in [-0.1, -0.05) is 104 Å². The van der Waals surface area contributed by atoms with Crippen molar-refractivity contribution >= 4 is 17.3 Å². The lowest BCUT2D eigenvalue weighted by atomic mass is 9.83. The van der Waals surface area contributed by atoms with Gasteiger partial charge in [-0.05, 0) is 97.2 Å². The molecule has 0 saturated heterocycles. The first kappa shape index (κ1) is 25.5. The van der Waals surface area contributed by atoms with E-state index < -0.39 is 0 Å². The third kappa shape index (κ3) is 5.46. The number of anilines is 1. The standard InChI is InChI=1S/C35H39N/c1-7-35(8-2,36-34-21-14-25(3)22-28(34)6)32-19-16-29(17-20-32)24-33(30-12-10-9-11-13-30)31-18-15-26(4)27(5)23-31/h9-24,36H,7-8H2,1-6H3. The van der Waals surface area contributed by atoms with Gasteiger partial charge < -0.3 is 5.32 Å². The predicted molar refractivity (Wildman–Crippen MR) is 158 cm³/mol. The second-order valence-electron chi connectivity index (χ2n) is 10.1. The van der Waals surface area contributed by atoms with Crippen LogP contribution in [0.1, 0.15) is 71.2 Å². The van der Waals surface area contributed by atoms with Crippen molar-refractivity contribution < 1.29 is 0 Å². The molecule has 0 atom stereocenters. The van der Waals surface area contributed by atoms with Gasteiger partial charge in [0.2, 0.25) is 0 Å². The van der Waals surface area contributed by atoms with Gasteiger partial charge in [-0.15, -0.1) is 0 Å². The molecule has 1 N–H and O–H groups in total. The summed E-state index contributed by atoms with van der Waals surface area (Å²) in [6, 6.07) is 33.3. The maximum absolute atomic E-state index is 3.91. The molecule has 4 rings (SSSR count). The van der Waals surface area contributed by atoms with Crippen molar-refractivity contribution in [2.75, 3.05) is 5.32 Å². The minimum atomic E-state index is -0.0986. The largest absolute Gasteiger partial charge is 0.375 e. The summed E-state index contributed by atoms with van der Waals surface area (Å²) in [5.74, 6) is 0. The van der Waals surface area contributed by atoms with Gasteiger partial charge in [-0.25, -0.2) is 0 Å². The molecule has 184 valence electrons. The number of rotatable bonds is 8. The van der Waals surface area contributed by atoms with Gasteiger partial charge in [-0.3, -0.25) is 0 Å². The molecule has 0 aromatic heterocycles. The molecule has 1 heteroatoms. The van der Waals surface area contributed by atoms with Crippen LogP contribution in [0.25, 0.3) is 11.6 Å². The van der Waals surface area contributed by atoms with Crippen LogP contribution in [0, 0.1) is 27.7 Å². The maximum atomic E-state index is 3.91. The molecule has 0 spiro atoms. The van der Waals surface area contributed by atoms with Gasteiger partial charge in [0.05, 0.1) is 5.54 Å². The normalized spacial score (nSPS) is 12.0. The molecule has 1 nitrogen and oxygen atoms in total.